The minimum atomic E-state index is -0.376. The van der Waals surface area contributed by atoms with Gasteiger partial charge in [0.25, 0.3) is 5.91 Å². The quantitative estimate of drug-likeness (QED) is 0.843. The van der Waals surface area contributed by atoms with Crippen LogP contribution in [0.25, 0.3) is 0 Å². The van der Waals surface area contributed by atoms with Crippen molar-refractivity contribution in [2.75, 3.05) is 13.1 Å². The number of nitrogens with one attached hydrogen (secondary N) is 2. The lowest BCUT2D eigenvalue weighted by Gasteiger charge is -2.32. The second kappa shape index (κ2) is 7.88. The fourth-order valence-electron chi connectivity index (χ4n) is 3.16. The zero-order valence-corrected chi connectivity index (χ0v) is 14.3. The van der Waals surface area contributed by atoms with Gasteiger partial charge in [-0.15, -0.1) is 0 Å². The van der Waals surface area contributed by atoms with E-state index in [0.29, 0.717) is 30.3 Å². The second-order valence-electron chi connectivity index (χ2n) is 6.39. The summed E-state index contributed by atoms with van der Waals surface area (Å²) in [5.74, 6) is 0.738. The summed E-state index contributed by atoms with van der Waals surface area (Å²) in [6, 6.07) is 11.7. The second-order valence-corrected chi connectivity index (χ2v) is 6.39. The molecule has 1 aliphatic rings. The molecule has 3 rings (SSSR count). The van der Waals surface area contributed by atoms with E-state index in [1.807, 2.05) is 6.07 Å². The van der Waals surface area contributed by atoms with Gasteiger partial charge in [0, 0.05) is 13.1 Å². The van der Waals surface area contributed by atoms with Gasteiger partial charge in [0.2, 0.25) is 0 Å². The molecule has 6 heteroatoms. The van der Waals surface area contributed by atoms with Crippen molar-refractivity contribution in [2.45, 2.75) is 26.2 Å². The van der Waals surface area contributed by atoms with Crippen LogP contribution >= 0.6 is 0 Å². The highest BCUT2D eigenvalue weighted by molar-refractivity contribution is 5.96. The number of carbonyl (C=O) groups excluding carboxylic acids is 2. The molecule has 1 aromatic carbocycles. The molecule has 0 spiro atoms. The first-order valence-corrected chi connectivity index (χ1v) is 8.57. The Morgan fingerprint density at radius 3 is 2.48 bits per heavy atom. The highest BCUT2D eigenvalue weighted by Gasteiger charge is 2.23. The molecule has 2 heterocycles. The van der Waals surface area contributed by atoms with Crippen LogP contribution in [0.2, 0.25) is 0 Å². The lowest BCUT2D eigenvalue weighted by Crippen LogP contribution is -2.51. The van der Waals surface area contributed by atoms with Gasteiger partial charge in [0.1, 0.15) is 5.76 Å². The lowest BCUT2D eigenvalue weighted by atomic mass is 9.90. The van der Waals surface area contributed by atoms with E-state index in [1.165, 1.54) is 11.8 Å². The first-order chi connectivity index (χ1) is 12.1. The fraction of sp³-hybridized carbons (Fsp3) is 0.368. The van der Waals surface area contributed by atoms with Crippen LogP contribution in [0.15, 0.2) is 47.1 Å². The van der Waals surface area contributed by atoms with E-state index in [9.17, 15) is 9.59 Å². The van der Waals surface area contributed by atoms with Gasteiger partial charge in [-0.25, -0.2) is 10.2 Å². The van der Waals surface area contributed by atoms with Gasteiger partial charge in [0.05, 0.1) is 11.8 Å². The molecule has 0 aliphatic carbocycles. The summed E-state index contributed by atoms with van der Waals surface area (Å²) in [6.07, 6.45) is 4.44. The molecule has 1 aromatic heterocycles. The number of hydrogen-bond donors (Lipinski definition) is 2. The molecule has 1 fully saturated rings. The minimum Gasteiger partial charge on any atom is -0.469 e. The average molecular weight is 341 g/mol. The zero-order valence-electron chi connectivity index (χ0n) is 14.3. The number of furan rings is 1. The number of hydrogen-bond acceptors (Lipinski definition) is 3. The summed E-state index contributed by atoms with van der Waals surface area (Å²) in [7, 11) is 0. The Balaban J connectivity index is 1.42. The van der Waals surface area contributed by atoms with Crippen molar-refractivity contribution in [3.63, 3.8) is 0 Å². The van der Waals surface area contributed by atoms with Crippen molar-refractivity contribution in [3.8, 4) is 0 Å². The molecule has 2 N–H and O–H groups in total. The molecule has 0 bridgehead atoms. The van der Waals surface area contributed by atoms with Crippen LogP contribution < -0.4 is 10.9 Å². The van der Waals surface area contributed by atoms with Crippen molar-refractivity contribution in [3.05, 3.63) is 59.5 Å². The fourth-order valence-corrected chi connectivity index (χ4v) is 3.16. The maximum absolute atomic E-state index is 12.2. The third kappa shape index (κ3) is 4.41. The third-order valence-corrected chi connectivity index (χ3v) is 4.66. The van der Waals surface area contributed by atoms with E-state index in [-0.39, 0.29) is 11.9 Å². The maximum Gasteiger partial charge on any atom is 0.336 e. The molecule has 132 valence electrons. The molecule has 2 aromatic rings. The topological polar surface area (TPSA) is 74.6 Å². The number of rotatable bonds is 3. The lowest BCUT2D eigenvalue weighted by molar-refractivity contribution is 0.0924. The summed E-state index contributed by atoms with van der Waals surface area (Å²) in [4.78, 5) is 25.9. The van der Waals surface area contributed by atoms with Gasteiger partial charge in [-0.2, -0.15) is 0 Å². The van der Waals surface area contributed by atoms with Gasteiger partial charge in [-0.05, 0) is 43.7 Å². The third-order valence-electron chi connectivity index (χ3n) is 4.66. The van der Waals surface area contributed by atoms with Crippen LogP contribution in [0.3, 0.4) is 0 Å². The van der Waals surface area contributed by atoms with Crippen LogP contribution in [0.5, 0.6) is 0 Å². The summed E-state index contributed by atoms with van der Waals surface area (Å²) in [6.45, 7) is 3.10. The summed E-state index contributed by atoms with van der Waals surface area (Å²) >= 11 is 0. The molecule has 3 amide bonds. The number of aryl methyl sites for hydroxylation is 1. The number of carbonyl (C=O) groups is 2. The van der Waals surface area contributed by atoms with Crippen molar-refractivity contribution < 1.29 is 14.0 Å². The molecule has 1 saturated heterocycles. The molecule has 0 unspecified atom stereocenters. The van der Waals surface area contributed by atoms with Crippen molar-refractivity contribution in [1.29, 1.82) is 0 Å². The molecule has 6 nitrogen and oxygen atoms in total. The van der Waals surface area contributed by atoms with Crippen molar-refractivity contribution >= 4 is 11.9 Å². The smallest absolute Gasteiger partial charge is 0.336 e. The summed E-state index contributed by atoms with van der Waals surface area (Å²) in [5, 5.41) is 0. The molecular formula is C19H23N3O3. The van der Waals surface area contributed by atoms with E-state index < -0.39 is 0 Å². The molecule has 25 heavy (non-hydrogen) atoms. The van der Waals surface area contributed by atoms with Crippen LogP contribution in [0, 0.1) is 12.8 Å². The SMILES string of the molecule is Cc1occc1C(=O)NNC(=O)N1CCC(Cc2ccccc2)CC1. The van der Waals surface area contributed by atoms with Gasteiger partial charge in [-0.3, -0.25) is 10.2 Å². The van der Waals surface area contributed by atoms with Crippen LogP contribution in [0.1, 0.15) is 34.5 Å². The highest BCUT2D eigenvalue weighted by Crippen LogP contribution is 2.21. The number of nitrogens with zero attached hydrogens (tertiary/aromatic N) is 1. The Morgan fingerprint density at radius 1 is 1.12 bits per heavy atom. The maximum atomic E-state index is 12.2. The summed E-state index contributed by atoms with van der Waals surface area (Å²) < 4.78 is 5.09. The van der Waals surface area contributed by atoms with Gasteiger partial charge >= 0.3 is 6.03 Å². The molecule has 0 saturated carbocycles. The summed E-state index contributed by atoms with van der Waals surface area (Å²) in [5.41, 5.74) is 6.67. The van der Waals surface area contributed by atoms with Gasteiger partial charge in [-0.1, -0.05) is 30.3 Å². The van der Waals surface area contributed by atoms with Gasteiger partial charge in [0.15, 0.2) is 0 Å². The number of hydrazine groups is 1. The Morgan fingerprint density at radius 2 is 1.84 bits per heavy atom. The Kier molecular flexibility index (Phi) is 5.38. The zero-order chi connectivity index (χ0) is 17.6. The Labute approximate surface area is 147 Å². The number of piperidine rings is 1. The largest absolute Gasteiger partial charge is 0.469 e. The highest BCUT2D eigenvalue weighted by atomic mass is 16.3. The Bertz CT molecular complexity index is 719. The average Bonchev–Trinajstić information content (AvgIpc) is 3.07. The molecule has 1 aliphatic heterocycles. The van der Waals surface area contributed by atoms with E-state index in [0.717, 1.165) is 19.3 Å². The van der Waals surface area contributed by atoms with Crippen LogP contribution in [0.4, 0.5) is 4.79 Å². The first-order valence-electron chi connectivity index (χ1n) is 8.57. The van der Waals surface area contributed by atoms with E-state index in [1.54, 1.807) is 17.9 Å². The van der Waals surface area contributed by atoms with Crippen LogP contribution in [-0.4, -0.2) is 29.9 Å². The minimum absolute atomic E-state index is 0.271. The predicted molar refractivity (Wildman–Crippen MR) is 93.9 cm³/mol. The van der Waals surface area contributed by atoms with E-state index in [4.69, 9.17) is 4.42 Å². The normalized spacial score (nSPS) is 15.0. The molecule has 0 atom stereocenters. The number of likely N-dealkylation sites (tertiary alicyclic amines) is 1. The van der Waals surface area contributed by atoms with Gasteiger partial charge < -0.3 is 9.32 Å². The van der Waals surface area contributed by atoms with E-state index in [2.05, 4.69) is 35.1 Å². The van der Waals surface area contributed by atoms with Crippen molar-refractivity contribution in [2.24, 2.45) is 5.92 Å². The predicted octanol–water partition coefficient (Wildman–Crippen LogP) is 2.90. The number of urea groups is 1. The standard InChI is InChI=1S/C19H23N3O3/c1-14-17(9-12-25-14)18(23)20-21-19(24)22-10-7-16(8-11-22)13-15-5-3-2-4-6-15/h2-6,9,12,16H,7-8,10-11,13H2,1H3,(H,20,23)(H,21,24). The Hall–Kier alpha value is -2.76. The molecular weight excluding hydrogens is 318 g/mol. The monoisotopic (exact) mass is 341 g/mol. The van der Waals surface area contributed by atoms with E-state index >= 15 is 0 Å². The van der Waals surface area contributed by atoms with Crippen molar-refractivity contribution in [1.82, 2.24) is 15.8 Å². The first kappa shape index (κ1) is 17.1. The molecule has 0 radical (unpaired) electrons. The number of amides is 3. The van der Waals surface area contributed by atoms with Crippen LogP contribution in [-0.2, 0) is 6.42 Å². The number of benzene rings is 1.